The summed E-state index contributed by atoms with van der Waals surface area (Å²) in [6, 6.07) is 16.5. The number of fused-ring (bicyclic) bond motifs is 1. The summed E-state index contributed by atoms with van der Waals surface area (Å²) in [4.78, 5) is 44.8. The number of carbonyl (C=O) groups excluding carboxylic acids is 1. The van der Waals surface area contributed by atoms with Crippen molar-refractivity contribution in [2.24, 2.45) is 4.99 Å². The number of anilines is 1. The predicted octanol–water partition coefficient (Wildman–Crippen LogP) is 4.03. The largest absolute Gasteiger partial charge is 0.463 e. The molecule has 1 aliphatic heterocycles. The maximum atomic E-state index is 13.8. The minimum atomic E-state index is -0.729. The van der Waals surface area contributed by atoms with E-state index in [-0.39, 0.29) is 17.9 Å². The molecule has 5 rings (SSSR count). The first-order valence-electron chi connectivity index (χ1n) is 12.5. The van der Waals surface area contributed by atoms with Crippen molar-refractivity contribution < 1.29 is 18.9 Å². The van der Waals surface area contributed by atoms with Crippen LogP contribution in [0.1, 0.15) is 31.2 Å². The first-order chi connectivity index (χ1) is 19.2. The molecule has 11 heteroatoms. The molecule has 1 atom stereocenters. The van der Waals surface area contributed by atoms with Gasteiger partial charge in [-0.3, -0.25) is 19.5 Å². The van der Waals surface area contributed by atoms with Crippen LogP contribution in [0.2, 0.25) is 0 Å². The fourth-order valence-corrected chi connectivity index (χ4v) is 5.63. The van der Waals surface area contributed by atoms with Gasteiger partial charge in [0.05, 0.1) is 38.9 Å². The van der Waals surface area contributed by atoms with Crippen LogP contribution in [0.3, 0.4) is 0 Å². The van der Waals surface area contributed by atoms with Crippen LogP contribution in [0.15, 0.2) is 86.1 Å². The lowest BCUT2D eigenvalue weighted by Crippen LogP contribution is -2.39. The molecule has 0 amide bonds. The van der Waals surface area contributed by atoms with Gasteiger partial charge in [0.1, 0.15) is 11.5 Å². The number of hydrogen-bond donors (Lipinski definition) is 0. The van der Waals surface area contributed by atoms with Gasteiger partial charge in [0, 0.05) is 31.9 Å². The molecule has 0 saturated heterocycles. The summed E-state index contributed by atoms with van der Waals surface area (Å²) in [6.07, 6.45) is 1.58. The highest BCUT2D eigenvalue weighted by molar-refractivity contribution is 7.07. The Balaban J connectivity index is 1.63. The molecule has 40 heavy (non-hydrogen) atoms. The molecular formula is C29H26N4O6S. The van der Waals surface area contributed by atoms with Crippen LogP contribution in [0.4, 0.5) is 11.4 Å². The average Bonchev–Trinajstić information content (AvgIpc) is 3.52. The van der Waals surface area contributed by atoms with Gasteiger partial charge < -0.3 is 14.1 Å². The quantitative estimate of drug-likeness (QED) is 0.191. The molecule has 1 unspecified atom stereocenters. The van der Waals surface area contributed by atoms with Crippen molar-refractivity contribution in [1.82, 2.24) is 4.57 Å². The highest BCUT2D eigenvalue weighted by Crippen LogP contribution is 2.32. The Hall–Kier alpha value is -4.77. The van der Waals surface area contributed by atoms with Crippen molar-refractivity contribution in [3.63, 3.8) is 0 Å². The Labute approximate surface area is 232 Å². The lowest BCUT2D eigenvalue weighted by molar-refractivity contribution is -0.384. The van der Waals surface area contributed by atoms with Gasteiger partial charge in [-0.05, 0) is 49.7 Å². The molecule has 0 radical (unpaired) electrons. The molecule has 0 aliphatic carbocycles. The van der Waals surface area contributed by atoms with Crippen LogP contribution in [0.25, 0.3) is 17.4 Å². The summed E-state index contributed by atoms with van der Waals surface area (Å²) in [5, 5.41) is 11.5. The second-order valence-electron chi connectivity index (χ2n) is 9.26. The van der Waals surface area contributed by atoms with Crippen LogP contribution in [-0.2, 0) is 9.53 Å². The first kappa shape index (κ1) is 26.8. The number of benzene rings is 2. The van der Waals surface area contributed by atoms with Crippen molar-refractivity contribution in [1.29, 1.82) is 0 Å². The summed E-state index contributed by atoms with van der Waals surface area (Å²) in [5.74, 6) is 0.136. The molecule has 10 nitrogen and oxygen atoms in total. The number of nitrogens with zero attached hydrogens (tertiary/aromatic N) is 4. The average molecular weight is 559 g/mol. The molecule has 0 fully saturated rings. The zero-order chi connectivity index (χ0) is 28.6. The Morgan fingerprint density at radius 2 is 1.90 bits per heavy atom. The van der Waals surface area contributed by atoms with Gasteiger partial charge in [0.2, 0.25) is 0 Å². The number of rotatable bonds is 7. The molecule has 2 aromatic carbocycles. The standard InChI is InChI=1S/C29H26N4O6S/c1-5-38-28(35)25-17(2)30-29-32(26(25)18-10-12-19(13-11-18)31(3)4)27(34)24(40-29)16-20-14-15-23(39-20)21-8-6-7-9-22(21)33(36)37/h6-16,26H,5H2,1-4H3/b24-16+. The van der Waals surface area contributed by atoms with E-state index < -0.39 is 16.9 Å². The molecule has 4 aromatic rings. The molecule has 2 aromatic heterocycles. The van der Waals surface area contributed by atoms with Crippen LogP contribution in [0, 0.1) is 10.1 Å². The van der Waals surface area contributed by atoms with E-state index in [1.54, 1.807) is 50.3 Å². The van der Waals surface area contributed by atoms with E-state index >= 15 is 0 Å². The number of aromatic nitrogens is 1. The normalized spacial score (nSPS) is 15.0. The molecule has 0 bridgehead atoms. The van der Waals surface area contributed by atoms with Gasteiger partial charge in [-0.1, -0.05) is 35.6 Å². The highest BCUT2D eigenvalue weighted by atomic mass is 32.1. The van der Waals surface area contributed by atoms with E-state index in [9.17, 15) is 19.7 Å². The molecule has 204 valence electrons. The summed E-state index contributed by atoms with van der Waals surface area (Å²) >= 11 is 1.17. The van der Waals surface area contributed by atoms with Gasteiger partial charge >= 0.3 is 5.97 Å². The second-order valence-corrected chi connectivity index (χ2v) is 10.3. The molecule has 0 spiro atoms. The first-order valence-corrected chi connectivity index (χ1v) is 13.3. The number of nitro groups is 1. The van der Waals surface area contributed by atoms with E-state index in [2.05, 4.69) is 4.99 Å². The molecule has 0 N–H and O–H groups in total. The van der Waals surface area contributed by atoms with E-state index in [1.165, 1.54) is 22.0 Å². The zero-order valence-electron chi connectivity index (χ0n) is 22.3. The summed E-state index contributed by atoms with van der Waals surface area (Å²) < 4.78 is 13.1. The third-order valence-electron chi connectivity index (χ3n) is 6.51. The number of allylic oxidation sites excluding steroid dienone is 1. The highest BCUT2D eigenvalue weighted by Gasteiger charge is 2.33. The summed E-state index contributed by atoms with van der Waals surface area (Å²) in [6.45, 7) is 3.65. The minimum Gasteiger partial charge on any atom is -0.463 e. The van der Waals surface area contributed by atoms with E-state index in [1.807, 2.05) is 43.3 Å². The van der Waals surface area contributed by atoms with E-state index in [0.717, 1.165) is 11.3 Å². The molecule has 0 saturated carbocycles. The van der Waals surface area contributed by atoms with Crippen molar-refractivity contribution in [2.75, 3.05) is 25.6 Å². The number of carbonyl (C=O) groups is 1. The Kier molecular flexibility index (Phi) is 7.22. The number of ether oxygens (including phenoxy) is 1. The SMILES string of the molecule is CCOC(=O)C1=C(C)N=c2s/c(=C/c3ccc(-c4ccccc4[N+](=O)[O-])o3)c(=O)n2C1c1ccc(N(C)C)cc1. The van der Waals surface area contributed by atoms with Crippen molar-refractivity contribution in [2.45, 2.75) is 19.9 Å². The lowest BCUT2D eigenvalue weighted by Gasteiger charge is -2.25. The topological polar surface area (TPSA) is 120 Å². The molecular weight excluding hydrogens is 532 g/mol. The van der Waals surface area contributed by atoms with Crippen LogP contribution in [-0.4, -0.2) is 36.2 Å². The summed E-state index contributed by atoms with van der Waals surface area (Å²) in [5.41, 5.74) is 2.41. The third kappa shape index (κ3) is 4.87. The van der Waals surface area contributed by atoms with Crippen LogP contribution < -0.4 is 19.8 Å². The number of esters is 1. The second kappa shape index (κ2) is 10.8. The van der Waals surface area contributed by atoms with Gasteiger partial charge in [-0.15, -0.1) is 0 Å². The van der Waals surface area contributed by atoms with Gasteiger partial charge in [0.15, 0.2) is 4.80 Å². The van der Waals surface area contributed by atoms with E-state index in [0.29, 0.717) is 37.7 Å². The maximum absolute atomic E-state index is 13.8. The lowest BCUT2D eigenvalue weighted by atomic mass is 9.95. The van der Waals surface area contributed by atoms with Gasteiger partial charge in [-0.25, -0.2) is 9.79 Å². The molecule has 1 aliphatic rings. The number of hydrogen-bond acceptors (Lipinski definition) is 9. The third-order valence-corrected chi connectivity index (χ3v) is 7.49. The predicted molar refractivity (Wildman–Crippen MR) is 152 cm³/mol. The number of nitro benzene ring substituents is 1. The van der Waals surface area contributed by atoms with Crippen LogP contribution >= 0.6 is 11.3 Å². The smallest absolute Gasteiger partial charge is 0.338 e. The zero-order valence-corrected chi connectivity index (χ0v) is 23.1. The fraction of sp³-hybridized carbons (Fsp3) is 0.207. The number of para-hydroxylation sites is 1. The number of thiazole rings is 1. The fourth-order valence-electron chi connectivity index (χ4n) is 4.61. The summed E-state index contributed by atoms with van der Waals surface area (Å²) in [7, 11) is 3.87. The monoisotopic (exact) mass is 558 g/mol. The minimum absolute atomic E-state index is 0.0787. The van der Waals surface area contributed by atoms with Crippen molar-refractivity contribution >= 4 is 34.8 Å². The molecule has 3 heterocycles. The van der Waals surface area contributed by atoms with Crippen molar-refractivity contribution in [3.8, 4) is 11.3 Å². The Morgan fingerprint density at radius 3 is 2.58 bits per heavy atom. The van der Waals surface area contributed by atoms with Gasteiger partial charge in [-0.2, -0.15) is 0 Å². The van der Waals surface area contributed by atoms with Crippen molar-refractivity contribution in [3.05, 3.63) is 113 Å². The Bertz CT molecular complexity index is 1830. The number of furan rings is 1. The maximum Gasteiger partial charge on any atom is 0.338 e. The van der Waals surface area contributed by atoms with E-state index in [4.69, 9.17) is 9.15 Å². The van der Waals surface area contributed by atoms with Crippen LogP contribution in [0.5, 0.6) is 0 Å². The Morgan fingerprint density at radius 1 is 1.18 bits per heavy atom. The van der Waals surface area contributed by atoms with Gasteiger partial charge in [0.25, 0.3) is 11.2 Å².